The average Bonchev–Trinajstić information content (AvgIpc) is 3.40. The van der Waals surface area contributed by atoms with Gasteiger partial charge in [-0.3, -0.25) is 9.69 Å². The van der Waals surface area contributed by atoms with Crippen LogP contribution in [0.4, 0.5) is 21.9 Å². The molecule has 2 N–H and O–H groups in total. The van der Waals surface area contributed by atoms with Gasteiger partial charge < -0.3 is 15.1 Å². The second kappa shape index (κ2) is 9.64. The lowest BCUT2D eigenvalue weighted by Gasteiger charge is -2.34. The van der Waals surface area contributed by atoms with Gasteiger partial charge in [-0.25, -0.2) is 4.79 Å². The van der Waals surface area contributed by atoms with Gasteiger partial charge in [-0.05, 0) is 60.5 Å². The number of hydrogen-bond acceptors (Lipinski definition) is 4. The summed E-state index contributed by atoms with van der Waals surface area (Å²) in [6.45, 7) is 0. The van der Waals surface area contributed by atoms with Gasteiger partial charge in [0, 0.05) is 34.3 Å². The van der Waals surface area contributed by atoms with E-state index in [2.05, 4.69) is 10.6 Å². The van der Waals surface area contributed by atoms with Crippen LogP contribution in [0, 0.1) is 0 Å². The van der Waals surface area contributed by atoms with E-state index in [1.54, 1.807) is 23.3 Å². The van der Waals surface area contributed by atoms with Crippen molar-refractivity contribution < 1.29 is 14.0 Å². The molecule has 4 aromatic rings. The molecule has 0 saturated heterocycles. The molecule has 2 amide bonds. The Kier molecular flexibility index (Phi) is 6.02. The molecule has 2 heterocycles. The standard InChI is InChI=1S/C30H24ClN3O3/c31-21-14-12-19(13-15-21)29-28-24(17-20(18-26(28)35)27-11-6-16-37-27)33-23-9-4-5-10-25(23)34(29)30(36)32-22-7-2-1-3-8-22/h1-16,20,29,33H,17-18H2,(H,32,36)/t20-,29-/m1/s1. The summed E-state index contributed by atoms with van der Waals surface area (Å²) in [5.41, 5.74) is 4.25. The Morgan fingerprint density at radius 3 is 2.43 bits per heavy atom. The van der Waals surface area contributed by atoms with E-state index in [9.17, 15) is 9.59 Å². The molecule has 37 heavy (non-hydrogen) atoms. The highest BCUT2D eigenvalue weighted by molar-refractivity contribution is 6.30. The predicted molar refractivity (Wildman–Crippen MR) is 145 cm³/mol. The van der Waals surface area contributed by atoms with Crippen LogP contribution < -0.4 is 15.5 Å². The SMILES string of the molecule is O=C1C[C@H](c2ccco2)CC2=C1[C@@H](c1ccc(Cl)cc1)N(C(=O)Nc1ccccc1)c1ccccc1N2. The second-order valence-electron chi connectivity index (χ2n) is 9.20. The van der Waals surface area contributed by atoms with Crippen LogP contribution >= 0.6 is 11.6 Å². The van der Waals surface area contributed by atoms with Gasteiger partial charge in [-0.2, -0.15) is 0 Å². The molecule has 0 fully saturated rings. The molecule has 0 unspecified atom stereocenters. The lowest BCUT2D eigenvalue weighted by molar-refractivity contribution is -0.116. The molecule has 6 rings (SSSR count). The molecule has 0 spiro atoms. The second-order valence-corrected chi connectivity index (χ2v) is 9.63. The summed E-state index contributed by atoms with van der Waals surface area (Å²) in [6, 6.07) is 27.0. The van der Waals surface area contributed by atoms with Crippen LogP contribution in [0.15, 0.2) is 113 Å². The van der Waals surface area contributed by atoms with Crippen molar-refractivity contribution in [1.82, 2.24) is 0 Å². The zero-order chi connectivity index (χ0) is 25.4. The van der Waals surface area contributed by atoms with E-state index in [0.717, 1.165) is 22.7 Å². The number of rotatable bonds is 3. The zero-order valence-corrected chi connectivity index (χ0v) is 20.6. The third-order valence-electron chi connectivity index (χ3n) is 6.86. The third-order valence-corrected chi connectivity index (χ3v) is 7.12. The van der Waals surface area contributed by atoms with E-state index in [1.165, 1.54) is 0 Å². The first-order valence-electron chi connectivity index (χ1n) is 12.1. The molecule has 184 valence electrons. The number of hydrogen-bond donors (Lipinski definition) is 2. The van der Waals surface area contributed by atoms with Crippen LogP contribution in [0.25, 0.3) is 0 Å². The molecule has 3 aromatic carbocycles. The Labute approximate surface area is 219 Å². The van der Waals surface area contributed by atoms with Crippen molar-refractivity contribution in [2.24, 2.45) is 0 Å². The number of anilines is 3. The van der Waals surface area contributed by atoms with Crippen LogP contribution in [0.3, 0.4) is 0 Å². The van der Waals surface area contributed by atoms with Crippen LogP contribution in [0.1, 0.15) is 36.1 Å². The van der Waals surface area contributed by atoms with E-state index < -0.39 is 6.04 Å². The van der Waals surface area contributed by atoms with Gasteiger partial charge in [-0.1, -0.05) is 54.1 Å². The zero-order valence-electron chi connectivity index (χ0n) is 19.9. The third kappa shape index (κ3) is 4.41. The number of nitrogens with zero attached hydrogens (tertiary/aromatic N) is 1. The maximum Gasteiger partial charge on any atom is 0.327 e. The maximum atomic E-state index is 14.0. The summed E-state index contributed by atoms with van der Waals surface area (Å²) in [4.78, 5) is 29.5. The highest BCUT2D eigenvalue weighted by Gasteiger charge is 2.42. The number of ketones is 1. The number of benzene rings is 3. The number of nitrogens with one attached hydrogen (secondary N) is 2. The van der Waals surface area contributed by atoms with E-state index in [4.69, 9.17) is 16.0 Å². The molecular formula is C30H24ClN3O3. The normalized spacial score (nSPS) is 18.9. The molecule has 0 bridgehead atoms. The maximum absolute atomic E-state index is 14.0. The van der Waals surface area contributed by atoms with E-state index in [-0.39, 0.29) is 17.7 Å². The van der Waals surface area contributed by atoms with Crippen LogP contribution in [0.2, 0.25) is 5.02 Å². The Hall–Kier alpha value is -4.29. The summed E-state index contributed by atoms with van der Waals surface area (Å²) in [5, 5.41) is 7.11. The number of allylic oxidation sites excluding steroid dienone is 1. The molecule has 0 saturated carbocycles. The molecule has 7 heteroatoms. The van der Waals surface area contributed by atoms with Crippen molar-refractivity contribution in [2.75, 3.05) is 15.5 Å². The average molecular weight is 510 g/mol. The Morgan fingerprint density at radius 1 is 0.919 bits per heavy atom. The van der Waals surface area contributed by atoms with Crippen molar-refractivity contribution in [3.63, 3.8) is 0 Å². The van der Waals surface area contributed by atoms with Gasteiger partial charge in [0.15, 0.2) is 5.78 Å². The predicted octanol–water partition coefficient (Wildman–Crippen LogP) is 7.54. The summed E-state index contributed by atoms with van der Waals surface area (Å²) in [5.74, 6) is 0.665. The molecule has 1 aliphatic heterocycles. The summed E-state index contributed by atoms with van der Waals surface area (Å²) >= 11 is 6.22. The molecule has 0 radical (unpaired) electrons. The first-order chi connectivity index (χ1) is 18.1. The number of urea groups is 1. The first-order valence-corrected chi connectivity index (χ1v) is 12.5. The monoisotopic (exact) mass is 509 g/mol. The quantitative estimate of drug-likeness (QED) is 0.299. The number of Topliss-reactive ketones (excluding diaryl/α,β-unsaturated/α-hetero) is 1. The number of carbonyl (C=O) groups excluding carboxylic acids is 2. The lowest BCUT2D eigenvalue weighted by Crippen LogP contribution is -2.41. The Balaban J connectivity index is 1.52. The minimum absolute atomic E-state index is 0.0274. The fourth-order valence-corrected chi connectivity index (χ4v) is 5.33. The van der Waals surface area contributed by atoms with E-state index in [1.807, 2.05) is 78.9 Å². The Morgan fingerprint density at radius 2 is 1.68 bits per heavy atom. The number of amides is 2. The van der Waals surface area contributed by atoms with Crippen LogP contribution in [0.5, 0.6) is 0 Å². The Bertz CT molecular complexity index is 1480. The summed E-state index contributed by atoms with van der Waals surface area (Å²) < 4.78 is 5.66. The number of fused-ring (bicyclic) bond motifs is 1. The highest BCUT2D eigenvalue weighted by atomic mass is 35.5. The topological polar surface area (TPSA) is 74.6 Å². The largest absolute Gasteiger partial charge is 0.469 e. The van der Waals surface area contributed by atoms with Gasteiger partial charge in [-0.15, -0.1) is 0 Å². The number of furan rings is 1. The lowest BCUT2D eigenvalue weighted by atomic mass is 9.80. The van der Waals surface area contributed by atoms with E-state index >= 15 is 0 Å². The fourth-order valence-electron chi connectivity index (χ4n) is 5.20. The van der Waals surface area contributed by atoms with E-state index in [0.29, 0.717) is 34.8 Å². The van der Waals surface area contributed by atoms with Gasteiger partial charge in [0.05, 0.1) is 23.7 Å². The van der Waals surface area contributed by atoms with Gasteiger partial charge in [0.25, 0.3) is 0 Å². The number of carbonyl (C=O) groups is 2. The van der Waals surface area contributed by atoms with Crippen molar-refractivity contribution in [3.05, 3.63) is 125 Å². The fraction of sp³-hybridized carbons (Fsp3) is 0.133. The van der Waals surface area contributed by atoms with Crippen molar-refractivity contribution in [3.8, 4) is 0 Å². The first kappa shape index (κ1) is 23.1. The summed E-state index contributed by atoms with van der Waals surface area (Å²) in [6.07, 6.45) is 2.51. The van der Waals surface area contributed by atoms with Gasteiger partial charge in [0.1, 0.15) is 5.76 Å². The summed E-state index contributed by atoms with van der Waals surface area (Å²) in [7, 11) is 0. The number of para-hydroxylation sites is 3. The van der Waals surface area contributed by atoms with Crippen LogP contribution in [-0.2, 0) is 4.79 Å². The molecule has 2 atom stereocenters. The highest BCUT2D eigenvalue weighted by Crippen LogP contribution is 2.47. The molecule has 2 aliphatic rings. The molecule has 6 nitrogen and oxygen atoms in total. The minimum atomic E-state index is -0.655. The van der Waals surface area contributed by atoms with Gasteiger partial charge in [0.2, 0.25) is 0 Å². The minimum Gasteiger partial charge on any atom is -0.469 e. The number of halogens is 1. The smallest absolute Gasteiger partial charge is 0.327 e. The molecule has 1 aliphatic carbocycles. The van der Waals surface area contributed by atoms with Crippen molar-refractivity contribution >= 4 is 40.5 Å². The van der Waals surface area contributed by atoms with Crippen LogP contribution in [-0.4, -0.2) is 11.8 Å². The molecular weight excluding hydrogens is 486 g/mol. The van der Waals surface area contributed by atoms with Crippen molar-refractivity contribution in [1.29, 1.82) is 0 Å². The molecule has 1 aromatic heterocycles. The van der Waals surface area contributed by atoms with Crippen molar-refractivity contribution in [2.45, 2.75) is 24.8 Å². The van der Waals surface area contributed by atoms with Gasteiger partial charge >= 0.3 is 6.03 Å².